The average molecular weight is 534 g/mol. The third kappa shape index (κ3) is 8.73. The fourth-order valence-corrected chi connectivity index (χ4v) is 3.37. The van der Waals surface area contributed by atoms with Crippen molar-refractivity contribution in [1.29, 1.82) is 0 Å². The Hall–Kier alpha value is -4.19. The normalized spacial score (nSPS) is 11.2. The number of nitrogens with one attached hydrogen (secondary N) is 3. The molecule has 3 rings (SSSR count). The van der Waals surface area contributed by atoms with Crippen LogP contribution in [0.15, 0.2) is 60.9 Å². The van der Waals surface area contributed by atoms with Gasteiger partial charge in [-0.05, 0) is 36.8 Å². The number of amides is 2. The first kappa shape index (κ1) is 28.4. The van der Waals surface area contributed by atoms with Crippen molar-refractivity contribution in [2.24, 2.45) is 0 Å². The number of carbonyl (C=O) groups is 2. The van der Waals surface area contributed by atoms with Gasteiger partial charge in [-0.25, -0.2) is 4.39 Å². The largest absolute Gasteiger partial charge is 0.418 e. The van der Waals surface area contributed by atoms with Gasteiger partial charge in [0.2, 0.25) is 5.91 Å². The number of nitrogens with zero attached hydrogens (tertiary/aromatic N) is 1. The van der Waals surface area contributed by atoms with Crippen molar-refractivity contribution in [3.8, 4) is 0 Å². The molecule has 0 fully saturated rings. The van der Waals surface area contributed by atoms with E-state index in [1.54, 1.807) is 0 Å². The first-order valence-electron chi connectivity index (χ1n) is 11.7. The Bertz CT molecular complexity index is 1250. The first-order valence-corrected chi connectivity index (χ1v) is 11.7. The van der Waals surface area contributed by atoms with E-state index in [4.69, 9.17) is 10.5 Å². The Morgan fingerprint density at radius 2 is 1.79 bits per heavy atom. The molecule has 38 heavy (non-hydrogen) atoms. The third-order valence-electron chi connectivity index (χ3n) is 5.29. The van der Waals surface area contributed by atoms with Crippen LogP contribution in [0.1, 0.15) is 34.3 Å². The average Bonchev–Trinajstić information content (AvgIpc) is 2.87. The van der Waals surface area contributed by atoms with Gasteiger partial charge in [-0.3, -0.25) is 14.6 Å². The van der Waals surface area contributed by atoms with Crippen molar-refractivity contribution >= 4 is 28.9 Å². The maximum atomic E-state index is 14.5. The van der Waals surface area contributed by atoms with Gasteiger partial charge in [0.05, 0.1) is 29.1 Å². The summed E-state index contributed by atoms with van der Waals surface area (Å²) in [5.41, 5.74) is 5.61. The Balaban J connectivity index is 1.34. The predicted molar refractivity (Wildman–Crippen MR) is 134 cm³/mol. The fraction of sp³-hybridized carbons (Fsp3) is 0.269. The zero-order chi connectivity index (χ0) is 27.5. The van der Waals surface area contributed by atoms with Crippen LogP contribution in [-0.4, -0.2) is 36.6 Å². The molecule has 0 bridgehead atoms. The zero-order valence-corrected chi connectivity index (χ0v) is 20.3. The summed E-state index contributed by atoms with van der Waals surface area (Å²) in [5, 5.41) is 7.87. The van der Waals surface area contributed by atoms with Gasteiger partial charge in [-0.1, -0.05) is 18.2 Å². The van der Waals surface area contributed by atoms with Crippen molar-refractivity contribution in [1.82, 2.24) is 15.6 Å². The summed E-state index contributed by atoms with van der Waals surface area (Å²) < 4.78 is 59.3. The number of nitrogens with two attached hydrogens (primary N) is 1. The summed E-state index contributed by atoms with van der Waals surface area (Å²) in [4.78, 5) is 27.8. The van der Waals surface area contributed by atoms with E-state index < -0.39 is 17.6 Å². The zero-order valence-electron chi connectivity index (χ0n) is 20.3. The lowest BCUT2D eigenvalue weighted by Gasteiger charge is -2.15. The number of rotatable bonds is 12. The summed E-state index contributed by atoms with van der Waals surface area (Å²) in [7, 11) is 0. The molecule has 1 heterocycles. The lowest BCUT2D eigenvalue weighted by atomic mass is 10.1. The summed E-state index contributed by atoms with van der Waals surface area (Å²) in [6.07, 6.45) is -1.12. The number of halogens is 4. The van der Waals surface area contributed by atoms with Crippen molar-refractivity contribution in [3.63, 3.8) is 0 Å². The minimum atomic E-state index is -4.55. The number of hydrogen-bond donors (Lipinski definition) is 4. The number of alkyl halides is 3. The number of anilines is 3. The second kappa shape index (κ2) is 13.4. The van der Waals surface area contributed by atoms with E-state index in [2.05, 4.69) is 20.9 Å². The molecule has 0 saturated carbocycles. The molecule has 0 radical (unpaired) electrons. The highest BCUT2D eigenvalue weighted by molar-refractivity contribution is 5.94. The van der Waals surface area contributed by atoms with Crippen LogP contribution in [0, 0.1) is 5.82 Å². The molecule has 0 spiro atoms. The van der Waals surface area contributed by atoms with E-state index in [-0.39, 0.29) is 48.3 Å². The Labute approximate surface area is 216 Å². The van der Waals surface area contributed by atoms with Gasteiger partial charge in [0.15, 0.2) is 0 Å². The molecule has 0 unspecified atom stereocenters. The van der Waals surface area contributed by atoms with E-state index in [0.29, 0.717) is 30.8 Å². The highest BCUT2D eigenvalue weighted by Crippen LogP contribution is 2.36. The molecule has 202 valence electrons. The van der Waals surface area contributed by atoms with E-state index >= 15 is 0 Å². The summed E-state index contributed by atoms with van der Waals surface area (Å²) >= 11 is 0. The van der Waals surface area contributed by atoms with E-state index in [1.807, 2.05) is 0 Å². The molecule has 0 atom stereocenters. The first-order chi connectivity index (χ1) is 18.1. The second-order valence-electron chi connectivity index (χ2n) is 8.23. The van der Waals surface area contributed by atoms with E-state index in [0.717, 1.165) is 12.1 Å². The SMILES string of the molecule is Nc1cncc(C(=O)NCCCOCCC(=O)NCc2ccc(Nc3ccccc3C(F)(F)F)cc2F)c1. The van der Waals surface area contributed by atoms with Gasteiger partial charge in [0.25, 0.3) is 5.91 Å². The number of hydrogen-bond acceptors (Lipinski definition) is 6. The number of aromatic nitrogens is 1. The summed E-state index contributed by atoms with van der Waals surface area (Å²) in [6, 6.07) is 10.3. The Morgan fingerprint density at radius 1 is 1.00 bits per heavy atom. The predicted octanol–water partition coefficient (Wildman–Crippen LogP) is 4.41. The molecule has 2 amide bonds. The number of benzene rings is 2. The van der Waals surface area contributed by atoms with Gasteiger partial charge in [0, 0.05) is 49.8 Å². The van der Waals surface area contributed by atoms with Gasteiger partial charge in [0.1, 0.15) is 5.82 Å². The molecule has 0 aliphatic heterocycles. The number of ether oxygens (including phenoxy) is 1. The molecular weight excluding hydrogens is 506 g/mol. The summed E-state index contributed by atoms with van der Waals surface area (Å²) in [6.45, 7) is 0.743. The molecule has 2 aromatic carbocycles. The van der Waals surface area contributed by atoms with Crippen LogP contribution in [0.4, 0.5) is 34.6 Å². The molecule has 0 saturated heterocycles. The Morgan fingerprint density at radius 3 is 2.53 bits per heavy atom. The lowest BCUT2D eigenvalue weighted by molar-refractivity contribution is -0.137. The topological polar surface area (TPSA) is 118 Å². The van der Waals surface area contributed by atoms with Crippen molar-refractivity contribution in [2.75, 3.05) is 30.8 Å². The van der Waals surface area contributed by atoms with Crippen LogP contribution in [0.3, 0.4) is 0 Å². The minimum Gasteiger partial charge on any atom is -0.397 e. The van der Waals surface area contributed by atoms with Crippen LogP contribution < -0.4 is 21.7 Å². The standard InChI is InChI=1S/C26H27F4N5O3/c27-22-13-20(35-23-5-2-1-4-21(23)26(28,29)30)7-6-17(22)15-34-24(36)8-11-38-10-3-9-33-25(37)18-12-19(31)16-32-14-18/h1-2,4-7,12-14,16,35H,3,8-11,15,31H2,(H,33,37)(H,34,36). The highest BCUT2D eigenvalue weighted by atomic mass is 19.4. The fourth-order valence-electron chi connectivity index (χ4n) is 3.37. The number of carbonyl (C=O) groups excluding carboxylic acids is 2. The molecule has 0 aliphatic rings. The van der Waals surface area contributed by atoms with E-state index in [9.17, 15) is 27.2 Å². The van der Waals surface area contributed by atoms with Crippen molar-refractivity contribution in [3.05, 3.63) is 83.4 Å². The maximum absolute atomic E-state index is 14.5. The molecule has 5 N–H and O–H groups in total. The van der Waals surface area contributed by atoms with Crippen molar-refractivity contribution in [2.45, 2.75) is 25.6 Å². The smallest absolute Gasteiger partial charge is 0.397 e. The van der Waals surface area contributed by atoms with Gasteiger partial charge < -0.3 is 26.4 Å². The maximum Gasteiger partial charge on any atom is 0.418 e. The minimum absolute atomic E-state index is 0.0524. The second-order valence-corrected chi connectivity index (χ2v) is 8.23. The van der Waals surface area contributed by atoms with Crippen LogP contribution in [0.2, 0.25) is 0 Å². The third-order valence-corrected chi connectivity index (χ3v) is 5.29. The van der Waals surface area contributed by atoms with Gasteiger partial charge in [-0.2, -0.15) is 13.2 Å². The summed E-state index contributed by atoms with van der Waals surface area (Å²) in [5.74, 6) is -1.33. The molecule has 3 aromatic rings. The van der Waals surface area contributed by atoms with Crippen molar-refractivity contribution < 1.29 is 31.9 Å². The molecular formula is C26H27F4N5O3. The van der Waals surface area contributed by atoms with Crippen LogP contribution in [0.25, 0.3) is 0 Å². The number of nitrogen functional groups attached to an aromatic ring is 1. The Kier molecular flexibility index (Phi) is 9.99. The van der Waals surface area contributed by atoms with Crippen LogP contribution >= 0.6 is 0 Å². The monoisotopic (exact) mass is 533 g/mol. The lowest BCUT2D eigenvalue weighted by Crippen LogP contribution is -2.26. The van der Waals surface area contributed by atoms with Crippen LogP contribution in [0.5, 0.6) is 0 Å². The van der Waals surface area contributed by atoms with Gasteiger partial charge in [-0.15, -0.1) is 0 Å². The number of pyridine rings is 1. The molecule has 1 aromatic heterocycles. The quantitative estimate of drug-likeness (QED) is 0.202. The number of para-hydroxylation sites is 1. The molecule has 0 aliphatic carbocycles. The molecule has 8 nitrogen and oxygen atoms in total. The van der Waals surface area contributed by atoms with Crippen LogP contribution in [-0.2, 0) is 22.3 Å². The van der Waals surface area contributed by atoms with E-state index in [1.165, 1.54) is 48.8 Å². The highest BCUT2D eigenvalue weighted by Gasteiger charge is 2.33. The van der Waals surface area contributed by atoms with Gasteiger partial charge >= 0.3 is 6.18 Å². The molecule has 12 heteroatoms.